The van der Waals surface area contributed by atoms with E-state index in [-0.39, 0.29) is 0 Å². The first-order valence-electron chi connectivity index (χ1n) is 7.29. The van der Waals surface area contributed by atoms with E-state index >= 15 is 0 Å². The molecule has 4 nitrogen and oxygen atoms in total. The smallest absolute Gasteiger partial charge is 0.240 e. The monoisotopic (exact) mass is 296 g/mol. The van der Waals surface area contributed by atoms with Crippen LogP contribution >= 0.6 is 0 Å². The Morgan fingerprint density at radius 2 is 1.70 bits per heavy atom. The highest BCUT2D eigenvalue weighted by atomic mass is 32.2. The van der Waals surface area contributed by atoms with Crippen LogP contribution in [0.4, 0.5) is 5.69 Å². The number of nitrogens with one attached hydrogen (secondary N) is 2. The number of hydrogen-bond donors (Lipinski definition) is 2. The molecule has 0 amide bonds. The molecule has 112 valence electrons. The van der Waals surface area contributed by atoms with Crippen LogP contribution in [-0.2, 0) is 10.0 Å². The normalized spacial score (nSPS) is 23.5. The van der Waals surface area contributed by atoms with Crippen LogP contribution in [-0.4, -0.2) is 22.0 Å². The topological polar surface area (TPSA) is 58.2 Å². The van der Waals surface area contributed by atoms with E-state index in [9.17, 15) is 8.42 Å². The van der Waals surface area contributed by atoms with Crippen molar-refractivity contribution < 1.29 is 8.42 Å². The molecule has 1 aromatic rings. The Balaban J connectivity index is 1.93. The third-order valence-corrected chi connectivity index (χ3v) is 5.59. The minimum absolute atomic E-state index is 0.334. The molecule has 0 atom stereocenters. The van der Waals surface area contributed by atoms with Crippen LogP contribution < -0.4 is 10.0 Å². The van der Waals surface area contributed by atoms with Gasteiger partial charge < -0.3 is 5.32 Å². The van der Waals surface area contributed by atoms with Crippen LogP contribution in [0.3, 0.4) is 0 Å². The Morgan fingerprint density at radius 3 is 2.25 bits per heavy atom. The SMILES string of the molecule is CNc1ccc(S(=O)(=O)NCC2CCC(C)CC2)cc1. The Morgan fingerprint density at radius 1 is 1.10 bits per heavy atom. The molecule has 0 radical (unpaired) electrons. The van der Waals surface area contributed by atoms with E-state index in [1.165, 1.54) is 12.8 Å². The molecule has 0 spiro atoms. The lowest BCUT2D eigenvalue weighted by Gasteiger charge is -2.26. The van der Waals surface area contributed by atoms with Crippen molar-refractivity contribution in [1.29, 1.82) is 0 Å². The van der Waals surface area contributed by atoms with Crippen molar-refractivity contribution in [3.05, 3.63) is 24.3 Å². The van der Waals surface area contributed by atoms with Crippen molar-refractivity contribution in [2.24, 2.45) is 11.8 Å². The summed E-state index contributed by atoms with van der Waals surface area (Å²) in [6.07, 6.45) is 4.68. The summed E-state index contributed by atoms with van der Waals surface area (Å²) in [5, 5.41) is 2.98. The fourth-order valence-corrected chi connectivity index (χ4v) is 3.76. The molecule has 1 aromatic carbocycles. The average Bonchev–Trinajstić information content (AvgIpc) is 2.47. The van der Waals surface area contributed by atoms with Crippen molar-refractivity contribution in [2.75, 3.05) is 18.9 Å². The molecule has 1 aliphatic carbocycles. The highest BCUT2D eigenvalue weighted by molar-refractivity contribution is 7.89. The van der Waals surface area contributed by atoms with Crippen molar-refractivity contribution in [2.45, 2.75) is 37.5 Å². The minimum atomic E-state index is -3.38. The van der Waals surface area contributed by atoms with Crippen molar-refractivity contribution in [1.82, 2.24) is 4.72 Å². The van der Waals surface area contributed by atoms with Crippen LogP contribution in [0.15, 0.2) is 29.2 Å². The molecule has 0 bridgehead atoms. The fraction of sp³-hybridized carbons (Fsp3) is 0.600. The van der Waals surface area contributed by atoms with Gasteiger partial charge in [-0.3, -0.25) is 0 Å². The van der Waals surface area contributed by atoms with E-state index in [0.717, 1.165) is 24.4 Å². The summed E-state index contributed by atoms with van der Waals surface area (Å²) in [4.78, 5) is 0.334. The van der Waals surface area contributed by atoms with E-state index in [4.69, 9.17) is 0 Å². The van der Waals surface area contributed by atoms with Gasteiger partial charge in [-0.15, -0.1) is 0 Å². The first kappa shape index (κ1) is 15.3. The first-order valence-corrected chi connectivity index (χ1v) is 8.77. The predicted octanol–water partition coefficient (Wildman–Crippen LogP) is 2.83. The Hall–Kier alpha value is -1.07. The number of hydrogen-bond acceptors (Lipinski definition) is 3. The van der Waals surface area contributed by atoms with Crippen LogP contribution in [0.2, 0.25) is 0 Å². The van der Waals surface area contributed by atoms with Gasteiger partial charge in [0.1, 0.15) is 0 Å². The molecule has 0 unspecified atom stereocenters. The maximum Gasteiger partial charge on any atom is 0.240 e. The highest BCUT2D eigenvalue weighted by Gasteiger charge is 2.21. The quantitative estimate of drug-likeness (QED) is 0.878. The molecule has 0 heterocycles. The lowest BCUT2D eigenvalue weighted by Crippen LogP contribution is -2.31. The van der Waals surface area contributed by atoms with Crippen molar-refractivity contribution in [3.63, 3.8) is 0 Å². The van der Waals surface area contributed by atoms with Crippen molar-refractivity contribution in [3.8, 4) is 0 Å². The van der Waals surface area contributed by atoms with E-state index in [0.29, 0.717) is 17.4 Å². The molecule has 2 N–H and O–H groups in total. The minimum Gasteiger partial charge on any atom is -0.388 e. The molecule has 20 heavy (non-hydrogen) atoms. The van der Waals surface area contributed by atoms with Gasteiger partial charge in [-0.2, -0.15) is 0 Å². The highest BCUT2D eigenvalue weighted by Crippen LogP contribution is 2.28. The maximum absolute atomic E-state index is 12.2. The zero-order valence-corrected chi connectivity index (χ0v) is 13.0. The third kappa shape index (κ3) is 3.96. The van der Waals surface area contributed by atoms with E-state index < -0.39 is 10.0 Å². The van der Waals surface area contributed by atoms with Gasteiger partial charge in [0.2, 0.25) is 10.0 Å². The summed E-state index contributed by atoms with van der Waals surface area (Å²) in [5.41, 5.74) is 0.908. The fourth-order valence-electron chi connectivity index (χ4n) is 2.64. The van der Waals surface area contributed by atoms with Gasteiger partial charge in [0.15, 0.2) is 0 Å². The lowest BCUT2D eigenvalue weighted by atomic mass is 9.83. The summed E-state index contributed by atoms with van der Waals surface area (Å²) in [7, 11) is -1.56. The second-order valence-electron chi connectivity index (χ2n) is 5.75. The molecule has 0 aliphatic heterocycles. The Labute approximate surface area is 122 Å². The van der Waals surface area contributed by atoms with Gasteiger partial charge in [-0.05, 0) is 48.9 Å². The van der Waals surface area contributed by atoms with E-state index in [2.05, 4.69) is 17.0 Å². The van der Waals surface area contributed by atoms with E-state index in [1.54, 1.807) is 24.3 Å². The number of sulfonamides is 1. The predicted molar refractivity (Wildman–Crippen MR) is 82.3 cm³/mol. The van der Waals surface area contributed by atoms with Crippen LogP contribution in [0.25, 0.3) is 0 Å². The zero-order valence-electron chi connectivity index (χ0n) is 12.2. The van der Waals surface area contributed by atoms with Gasteiger partial charge in [0, 0.05) is 19.3 Å². The van der Waals surface area contributed by atoms with Gasteiger partial charge in [-0.25, -0.2) is 13.1 Å². The molecule has 1 aliphatic rings. The molecular weight excluding hydrogens is 272 g/mol. The Kier molecular flexibility index (Phi) is 5.05. The molecule has 1 fully saturated rings. The van der Waals surface area contributed by atoms with Gasteiger partial charge in [-0.1, -0.05) is 19.8 Å². The number of anilines is 1. The molecule has 0 aromatic heterocycles. The summed E-state index contributed by atoms with van der Waals surface area (Å²) in [5.74, 6) is 1.27. The van der Waals surface area contributed by atoms with Crippen molar-refractivity contribution >= 4 is 15.7 Å². The number of benzene rings is 1. The second-order valence-corrected chi connectivity index (χ2v) is 7.52. The molecule has 0 saturated heterocycles. The van der Waals surface area contributed by atoms with E-state index in [1.807, 2.05) is 7.05 Å². The van der Waals surface area contributed by atoms with Gasteiger partial charge >= 0.3 is 0 Å². The third-order valence-electron chi connectivity index (χ3n) is 4.15. The summed E-state index contributed by atoms with van der Waals surface area (Å²) >= 11 is 0. The summed E-state index contributed by atoms with van der Waals surface area (Å²) in [6, 6.07) is 6.82. The van der Waals surface area contributed by atoms with Crippen LogP contribution in [0, 0.1) is 11.8 Å². The van der Waals surface area contributed by atoms with Crippen LogP contribution in [0.1, 0.15) is 32.6 Å². The zero-order chi connectivity index (χ0) is 14.6. The standard InChI is InChI=1S/C15H24N2O2S/c1-12-3-5-13(6-4-12)11-17-20(18,19)15-9-7-14(16-2)8-10-15/h7-10,12-13,16-17H,3-6,11H2,1-2H3. The molecule has 1 saturated carbocycles. The summed E-state index contributed by atoms with van der Waals surface area (Å²) < 4.78 is 27.2. The molecule has 5 heteroatoms. The summed E-state index contributed by atoms with van der Waals surface area (Å²) in [6.45, 7) is 2.83. The van der Waals surface area contributed by atoms with Gasteiger partial charge in [0.05, 0.1) is 4.90 Å². The second kappa shape index (κ2) is 6.59. The Bertz CT molecular complexity index is 517. The molecule has 2 rings (SSSR count). The lowest BCUT2D eigenvalue weighted by molar-refractivity contribution is 0.290. The average molecular weight is 296 g/mol. The van der Waals surface area contributed by atoms with Crippen LogP contribution in [0.5, 0.6) is 0 Å². The van der Waals surface area contributed by atoms with Gasteiger partial charge in [0.25, 0.3) is 0 Å². The first-order chi connectivity index (χ1) is 9.51. The number of rotatable bonds is 5. The maximum atomic E-state index is 12.2. The molecular formula is C15H24N2O2S. The largest absolute Gasteiger partial charge is 0.388 e.